The van der Waals surface area contributed by atoms with E-state index in [0.29, 0.717) is 23.0 Å². The summed E-state index contributed by atoms with van der Waals surface area (Å²) < 4.78 is 16.3. The summed E-state index contributed by atoms with van der Waals surface area (Å²) in [5.74, 6) is -0.260. The third-order valence-electron chi connectivity index (χ3n) is 3.49. The Morgan fingerprint density at radius 1 is 1.40 bits per heavy atom. The first-order valence-electron chi connectivity index (χ1n) is 6.60. The van der Waals surface area contributed by atoms with Crippen molar-refractivity contribution in [2.75, 3.05) is 0 Å². The highest BCUT2D eigenvalue weighted by Crippen LogP contribution is 2.25. The highest BCUT2D eigenvalue weighted by molar-refractivity contribution is 9.10. The summed E-state index contributed by atoms with van der Waals surface area (Å²) in [4.78, 5) is 0. The summed E-state index contributed by atoms with van der Waals surface area (Å²) in [6.45, 7) is 6.07. The Morgan fingerprint density at radius 2 is 2.10 bits per heavy atom. The lowest BCUT2D eigenvalue weighted by atomic mass is 10.1. The van der Waals surface area contributed by atoms with E-state index in [-0.39, 0.29) is 5.82 Å². The Morgan fingerprint density at radius 3 is 2.70 bits per heavy atom. The number of rotatable bonds is 4. The van der Waals surface area contributed by atoms with Crippen molar-refractivity contribution in [1.82, 2.24) is 9.78 Å². The first-order chi connectivity index (χ1) is 9.43. The third kappa shape index (κ3) is 2.94. The van der Waals surface area contributed by atoms with Crippen LogP contribution >= 0.6 is 15.9 Å². The Bertz CT molecular complexity index is 625. The summed E-state index contributed by atoms with van der Waals surface area (Å²) in [5.41, 5.74) is 3.12. The van der Waals surface area contributed by atoms with Crippen LogP contribution in [0, 0.1) is 19.7 Å². The van der Waals surface area contributed by atoms with Crippen molar-refractivity contribution in [2.45, 2.75) is 39.8 Å². The molecule has 3 nitrogen and oxygen atoms in total. The molecule has 0 radical (unpaired) electrons. The van der Waals surface area contributed by atoms with E-state index < -0.39 is 6.10 Å². The molecular formula is C15H18BrFN2O. The minimum atomic E-state index is -0.515. The van der Waals surface area contributed by atoms with Crippen molar-refractivity contribution in [3.05, 3.63) is 51.0 Å². The smallest absolute Gasteiger partial charge is 0.129 e. The quantitative estimate of drug-likeness (QED) is 0.916. The van der Waals surface area contributed by atoms with Crippen LogP contribution in [0.25, 0.3) is 0 Å². The van der Waals surface area contributed by atoms with E-state index in [1.165, 1.54) is 6.07 Å². The number of hydrogen-bond donors (Lipinski definition) is 1. The largest absolute Gasteiger partial charge is 0.388 e. The van der Waals surface area contributed by atoms with Crippen LogP contribution in [0.5, 0.6) is 0 Å². The molecule has 0 saturated heterocycles. The van der Waals surface area contributed by atoms with Gasteiger partial charge in [0.25, 0.3) is 0 Å². The number of hydrogen-bond acceptors (Lipinski definition) is 2. The van der Waals surface area contributed by atoms with Crippen LogP contribution in [-0.2, 0) is 6.54 Å². The van der Waals surface area contributed by atoms with Crippen LogP contribution < -0.4 is 0 Å². The molecule has 0 aliphatic carbocycles. The van der Waals surface area contributed by atoms with Gasteiger partial charge in [-0.3, -0.25) is 4.68 Å². The molecule has 1 aromatic carbocycles. The average Bonchev–Trinajstić information content (AvgIpc) is 2.67. The number of aryl methyl sites for hydroxylation is 1. The van der Waals surface area contributed by atoms with E-state index in [0.717, 1.165) is 17.0 Å². The highest BCUT2D eigenvalue weighted by atomic mass is 79.9. The van der Waals surface area contributed by atoms with Crippen LogP contribution in [0.15, 0.2) is 22.7 Å². The predicted molar refractivity (Wildman–Crippen MR) is 80.2 cm³/mol. The molecule has 1 unspecified atom stereocenters. The number of halogens is 2. The number of aliphatic hydroxyl groups excluding tert-OH is 1. The van der Waals surface area contributed by atoms with Gasteiger partial charge in [0.15, 0.2) is 0 Å². The second-order valence-corrected chi connectivity index (χ2v) is 5.82. The lowest BCUT2D eigenvalue weighted by Gasteiger charge is -2.10. The lowest BCUT2D eigenvalue weighted by Crippen LogP contribution is -2.07. The summed E-state index contributed by atoms with van der Waals surface area (Å²) in [6.07, 6.45) is 0.124. The average molecular weight is 341 g/mol. The van der Waals surface area contributed by atoms with Crippen LogP contribution in [0.1, 0.15) is 42.0 Å². The van der Waals surface area contributed by atoms with Gasteiger partial charge >= 0.3 is 0 Å². The molecule has 0 amide bonds. The van der Waals surface area contributed by atoms with Crippen LogP contribution in [0.3, 0.4) is 0 Å². The van der Waals surface area contributed by atoms with Gasteiger partial charge in [0.05, 0.1) is 18.3 Å². The van der Waals surface area contributed by atoms with Crippen LogP contribution in [-0.4, -0.2) is 14.9 Å². The van der Waals surface area contributed by atoms with Crippen LogP contribution in [0.2, 0.25) is 0 Å². The van der Waals surface area contributed by atoms with Crippen LogP contribution in [0.4, 0.5) is 4.39 Å². The molecule has 0 aliphatic heterocycles. The highest BCUT2D eigenvalue weighted by Gasteiger charge is 2.18. The van der Waals surface area contributed by atoms with Gasteiger partial charge < -0.3 is 5.11 Å². The van der Waals surface area contributed by atoms with E-state index in [1.54, 1.807) is 10.7 Å². The summed E-state index contributed by atoms with van der Waals surface area (Å²) in [7, 11) is 0. The number of aliphatic hydroxyl groups is 1. The van der Waals surface area contributed by atoms with Gasteiger partial charge in [-0.25, -0.2) is 4.39 Å². The topological polar surface area (TPSA) is 38.1 Å². The number of benzene rings is 1. The first kappa shape index (κ1) is 15.2. The standard InChI is InChI=1S/C15H18BrFN2O/c1-4-14(20)15-9(2)18-19(10(15)3)8-11-5-6-12(16)7-13(11)17/h5-7,14,20H,4,8H2,1-3H3. The van der Waals surface area contributed by atoms with Gasteiger partial charge in [-0.05, 0) is 32.4 Å². The summed E-state index contributed by atoms with van der Waals surface area (Å²) in [6, 6.07) is 5.00. The molecule has 108 valence electrons. The molecule has 1 aromatic heterocycles. The first-order valence-corrected chi connectivity index (χ1v) is 7.39. The normalized spacial score (nSPS) is 12.7. The van der Waals surface area contributed by atoms with E-state index in [9.17, 15) is 9.50 Å². The molecule has 2 rings (SSSR count). The molecule has 0 bridgehead atoms. The van der Waals surface area contributed by atoms with Gasteiger partial charge in [-0.2, -0.15) is 5.10 Å². The Balaban J connectivity index is 2.35. The van der Waals surface area contributed by atoms with E-state index in [4.69, 9.17) is 0 Å². The van der Waals surface area contributed by atoms with Crippen molar-refractivity contribution in [1.29, 1.82) is 0 Å². The summed E-state index contributed by atoms with van der Waals surface area (Å²) in [5, 5.41) is 14.4. The van der Waals surface area contributed by atoms with Crippen molar-refractivity contribution in [2.24, 2.45) is 0 Å². The molecular weight excluding hydrogens is 323 g/mol. The molecule has 0 fully saturated rings. The lowest BCUT2D eigenvalue weighted by molar-refractivity contribution is 0.172. The molecule has 0 aliphatic rings. The van der Waals surface area contributed by atoms with Crippen molar-refractivity contribution >= 4 is 15.9 Å². The fourth-order valence-corrected chi connectivity index (χ4v) is 2.70. The maximum atomic E-state index is 13.9. The zero-order valence-corrected chi connectivity index (χ0v) is 13.4. The maximum absolute atomic E-state index is 13.9. The van der Waals surface area contributed by atoms with Gasteiger partial charge in [-0.15, -0.1) is 0 Å². The fraction of sp³-hybridized carbons (Fsp3) is 0.400. The molecule has 0 saturated carbocycles. The van der Waals surface area contributed by atoms with E-state index >= 15 is 0 Å². The van der Waals surface area contributed by atoms with Crippen molar-refractivity contribution in [3.8, 4) is 0 Å². The van der Waals surface area contributed by atoms with E-state index in [2.05, 4.69) is 21.0 Å². The second kappa shape index (κ2) is 6.06. The minimum absolute atomic E-state index is 0.260. The summed E-state index contributed by atoms with van der Waals surface area (Å²) >= 11 is 3.24. The maximum Gasteiger partial charge on any atom is 0.129 e. The Kier molecular flexibility index (Phi) is 4.60. The van der Waals surface area contributed by atoms with Gasteiger partial charge in [0.1, 0.15) is 5.82 Å². The molecule has 0 spiro atoms. The predicted octanol–water partition coefficient (Wildman–Crippen LogP) is 3.89. The second-order valence-electron chi connectivity index (χ2n) is 4.90. The van der Waals surface area contributed by atoms with Crippen molar-refractivity contribution in [3.63, 3.8) is 0 Å². The zero-order valence-electron chi connectivity index (χ0n) is 11.8. The molecule has 1 atom stereocenters. The Labute approximate surface area is 126 Å². The van der Waals surface area contributed by atoms with Crippen molar-refractivity contribution < 1.29 is 9.50 Å². The van der Waals surface area contributed by atoms with Gasteiger partial charge in [-0.1, -0.05) is 28.9 Å². The Hall–Kier alpha value is -1.20. The molecule has 2 aromatic rings. The number of aromatic nitrogens is 2. The van der Waals surface area contributed by atoms with Gasteiger partial charge in [0.2, 0.25) is 0 Å². The van der Waals surface area contributed by atoms with E-state index in [1.807, 2.05) is 26.8 Å². The van der Waals surface area contributed by atoms with Gasteiger partial charge in [0, 0.05) is 21.3 Å². The third-order valence-corrected chi connectivity index (χ3v) is 3.99. The molecule has 1 N–H and O–H groups in total. The SMILES string of the molecule is CCC(O)c1c(C)nn(Cc2ccc(Br)cc2F)c1C. The monoisotopic (exact) mass is 340 g/mol. The minimum Gasteiger partial charge on any atom is -0.388 e. The molecule has 20 heavy (non-hydrogen) atoms. The number of nitrogens with zero attached hydrogens (tertiary/aromatic N) is 2. The fourth-order valence-electron chi connectivity index (χ4n) is 2.36. The zero-order chi connectivity index (χ0) is 14.9. The molecule has 1 heterocycles. The molecule has 5 heteroatoms.